The summed E-state index contributed by atoms with van der Waals surface area (Å²) < 4.78 is 7.49. The maximum Gasteiger partial charge on any atom is 0.263 e. The number of hydrogen-bond donors (Lipinski definition) is 1. The number of nitrogens with zero attached hydrogens (tertiary/aromatic N) is 2. The van der Waals surface area contributed by atoms with Crippen molar-refractivity contribution in [1.29, 1.82) is 0 Å². The molecule has 2 aliphatic heterocycles. The molecule has 3 heterocycles. The van der Waals surface area contributed by atoms with Crippen LogP contribution in [0.15, 0.2) is 35.1 Å². The molecular formula is C29H39N3O4. The number of para-hydroxylation sites is 1. The molecule has 0 aliphatic carbocycles. The minimum Gasteiger partial charge on any atom is -0.493 e. The van der Waals surface area contributed by atoms with Gasteiger partial charge >= 0.3 is 0 Å². The number of nitrogens with one attached hydrogen (secondary N) is 1. The van der Waals surface area contributed by atoms with Gasteiger partial charge in [-0.2, -0.15) is 0 Å². The zero-order chi connectivity index (χ0) is 25.7. The van der Waals surface area contributed by atoms with Crippen LogP contribution in [0.4, 0.5) is 0 Å². The highest BCUT2D eigenvalue weighted by molar-refractivity contribution is 5.95. The number of ether oxygens (including phenoxy) is 1. The van der Waals surface area contributed by atoms with Crippen LogP contribution in [0.25, 0.3) is 0 Å². The lowest BCUT2D eigenvalue weighted by Gasteiger charge is -2.42. The molecule has 1 fully saturated rings. The van der Waals surface area contributed by atoms with Crippen LogP contribution in [0.1, 0.15) is 72.1 Å². The van der Waals surface area contributed by atoms with Crippen LogP contribution in [0, 0.1) is 19.3 Å². The quantitative estimate of drug-likeness (QED) is 0.653. The molecule has 2 aromatic rings. The number of piperidine rings is 1. The first-order valence-corrected chi connectivity index (χ1v) is 13.2. The summed E-state index contributed by atoms with van der Waals surface area (Å²) in [6.07, 6.45) is 6.85. The Morgan fingerprint density at radius 3 is 2.53 bits per heavy atom. The fraction of sp³-hybridized carbons (Fsp3) is 0.552. The number of fused-ring (bicyclic) bond motifs is 1. The molecule has 36 heavy (non-hydrogen) atoms. The van der Waals surface area contributed by atoms with Crippen LogP contribution in [0.2, 0.25) is 0 Å². The van der Waals surface area contributed by atoms with Gasteiger partial charge in [-0.3, -0.25) is 14.4 Å². The van der Waals surface area contributed by atoms with Gasteiger partial charge in [-0.25, -0.2) is 0 Å². The van der Waals surface area contributed by atoms with E-state index in [0.717, 1.165) is 55.5 Å². The zero-order valence-corrected chi connectivity index (χ0v) is 21.9. The van der Waals surface area contributed by atoms with Gasteiger partial charge < -0.3 is 19.5 Å². The van der Waals surface area contributed by atoms with E-state index >= 15 is 0 Å². The van der Waals surface area contributed by atoms with Crippen molar-refractivity contribution in [3.8, 4) is 5.75 Å². The Hall–Kier alpha value is -3.09. The fourth-order valence-electron chi connectivity index (χ4n) is 5.55. The highest BCUT2D eigenvalue weighted by Crippen LogP contribution is 2.37. The van der Waals surface area contributed by atoms with Crippen molar-refractivity contribution < 1.29 is 14.3 Å². The maximum atomic E-state index is 13.4. The Bertz CT molecular complexity index is 1160. The lowest BCUT2D eigenvalue weighted by molar-refractivity contribution is -0.122. The number of benzene rings is 1. The van der Waals surface area contributed by atoms with Crippen molar-refractivity contribution in [2.75, 3.05) is 26.2 Å². The van der Waals surface area contributed by atoms with E-state index in [9.17, 15) is 14.4 Å². The van der Waals surface area contributed by atoms with Gasteiger partial charge in [0.15, 0.2) is 0 Å². The van der Waals surface area contributed by atoms with Crippen molar-refractivity contribution in [1.82, 2.24) is 14.8 Å². The van der Waals surface area contributed by atoms with E-state index in [0.29, 0.717) is 39.1 Å². The molecular weight excluding hydrogens is 454 g/mol. The minimum absolute atomic E-state index is 0.0279. The Morgan fingerprint density at radius 1 is 1.00 bits per heavy atom. The second-order valence-electron chi connectivity index (χ2n) is 10.5. The number of hydrogen-bond acceptors (Lipinski definition) is 4. The van der Waals surface area contributed by atoms with Gasteiger partial charge in [-0.05, 0) is 81.0 Å². The van der Waals surface area contributed by atoms with Gasteiger partial charge in [0.05, 0.1) is 6.61 Å². The van der Waals surface area contributed by atoms with Crippen LogP contribution < -0.4 is 15.6 Å². The molecule has 1 N–H and O–H groups in total. The molecule has 194 valence electrons. The lowest BCUT2D eigenvalue weighted by atomic mass is 9.74. The van der Waals surface area contributed by atoms with E-state index in [2.05, 4.69) is 17.4 Å². The molecule has 0 atom stereocenters. The van der Waals surface area contributed by atoms with Crippen LogP contribution in [-0.4, -0.2) is 47.5 Å². The molecule has 2 aliphatic rings. The maximum absolute atomic E-state index is 13.4. The summed E-state index contributed by atoms with van der Waals surface area (Å²) >= 11 is 0. The Balaban J connectivity index is 1.45. The first kappa shape index (κ1) is 26.0. The molecule has 7 nitrogen and oxygen atoms in total. The van der Waals surface area contributed by atoms with Crippen molar-refractivity contribution in [2.45, 2.75) is 65.2 Å². The number of aromatic nitrogens is 1. The molecule has 1 aromatic carbocycles. The summed E-state index contributed by atoms with van der Waals surface area (Å²) in [5.41, 5.74) is 2.82. The number of carbonyl (C=O) groups is 2. The molecule has 0 bridgehead atoms. The SMILES string of the molecule is Cc1cc(C)n(C)c(=O)c1C(=O)N1CCC2(CCCCc3ccccc3OCCCC(=O)NC2)CC1. The predicted octanol–water partition coefficient (Wildman–Crippen LogP) is 3.93. The number of pyridine rings is 1. The monoisotopic (exact) mass is 493 g/mol. The molecule has 1 saturated heterocycles. The highest BCUT2D eigenvalue weighted by atomic mass is 16.5. The fourth-order valence-corrected chi connectivity index (χ4v) is 5.55. The van der Waals surface area contributed by atoms with E-state index in [4.69, 9.17) is 4.74 Å². The minimum atomic E-state index is -0.229. The second kappa shape index (κ2) is 11.3. The summed E-state index contributed by atoms with van der Waals surface area (Å²) in [5, 5.41) is 3.17. The second-order valence-corrected chi connectivity index (χ2v) is 10.5. The van der Waals surface area contributed by atoms with E-state index < -0.39 is 0 Å². The summed E-state index contributed by atoms with van der Waals surface area (Å²) in [4.78, 5) is 40.6. The zero-order valence-electron chi connectivity index (χ0n) is 21.9. The van der Waals surface area contributed by atoms with Gasteiger partial charge in [0, 0.05) is 38.8 Å². The molecule has 7 heteroatoms. The Morgan fingerprint density at radius 2 is 1.75 bits per heavy atom. The number of likely N-dealkylation sites (tertiary alicyclic amines) is 1. The van der Waals surface area contributed by atoms with E-state index in [1.54, 1.807) is 11.6 Å². The van der Waals surface area contributed by atoms with Gasteiger partial charge in [0.1, 0.15) is 11.3 Å². The Kier molecular flexibility index (Phi) is 8.17. The van der Waals surface area contributed by atoms with E-state index in [-0.39, 0.29) is 28.4 Å². The van der Waals surface area contributed by atoms with Crippen molar-refractivity contribution in [3.05, 3.63) is 63.1 Å². The summed E-state index contributed by atoms with van der Waals surface area (Å²) in [6, 6.07) is 10.1. The molecule has 1 spiro atoms. The van der Waals surface area contributed by atoms with Gasteiger partial charge in [0.2, 0.25) is 5.91 Å². The third-order valence-electron chi connectivity index (χ3n) is 8.03. The molecule has 0 saturated carbocycles. The molecule has 0 radical (unpaired) electrons. The third kappa shape index (κ3) is 5.82. The van der Waals surface area contributed by atoms with Crippen molar-refractivity contribution in [3.63, 3.8) is 0 Å². The molecule has 1 aromatic heterocycles. The topological polar surface area (TPSA) is 80.6 Å². The molecule has 0 unspecified atom stereocenters. The first-order chi connectivity index (χ1) is 17.3. The van der Waals surface area contributed by atoms with Gasteiger partial charge in [0.25, 0.3) is 11.5 Å². The van der Waals surface area contributed by atoms with E-state index in [1.165, 1.54) is 5.56 Å². The van der Waals surface area contributed by atoms with Gasteiger partial charge in [-0.15, -0.1) is 0 Å². The normalized spacial score (nSPS) is 19.1. The van der Waals surface area contributed by atoms with Crippen LogP contribution in [0.3, 0.4) is 0 Å². The first-order valence-electron chi connectivity index (χ1n) is 13.2. The van der Waals surface area contributed by atoms with Crippen LogP contribution in [0.5, 0.6) is 5.75 Å². The summed E-state index contributed by atoms with van der Waals surface area (Å²) in [5.74, 6) is 0.805. The standard InChI is InChI=1S/C29H39N3O4/c1-21-19-22(2)31(3)27(34)26(21)28(35)32-16-14-29(15-17-32)13-7-6-10-23-9-4-5-11-24(23)36-18-8-12-25(33)30-20-29/h4-5,9,11,19H,6-8,10,12-18,20H2,1-3H3,(H,30,33). The number of carbonyl (C=O) groups excluding carboxylic acids is 2. The average Bonchev–Trinajstić information content (AvgIpc) is 2.87. The lowest BCUT2D eigenvalue weighted by Crippen LogP contribution is -2.49. The average molecular weight is 494 g/mol. The van der Waals surface area contributed by atoms with Crippen molar-refractivity contribution in [2.24, 2.45) is 12.5 Å². The van der Waals surface area contributed by atoms with Crippen LogP contribution in [-0.2, 0) is 18.3 Å². The summed E-state index contributed by atoms with van der Waals surface area (Å²) in [7, 11) is 1.71. The number of aryl methyl sites for hydroxylation is 3. The van der Waals surface area contributed by atoms with E-state index in [1.807, 2.05) is 36.9 Å². The van der Waals surface area contributed by atoms with Crippen LogP contribution >= 0.6 is 0 Å². The highest BCUT2D eigenvalue weighted by Gasteiger charge is 2.37. The molecule has 2 amide bonds. The third-order valence-corrected chi connectivity index (χ3v) is 8.03. The predicted molar refractivity (Wildman–Crippen MR) is 140 cm³/mol. The Labute approximate surface area is 213 Å². The largest absolute Gasteiger partial charge is 0.493 e. The van der Waals surface area contributed by atoms with Gasteiger partial charge in [-0.1, -0.05) is 24.6 Å². The molecule has 4 rings (SSSR count). The number of amides is 2. The number of rotatable bonds is 1. The van der Waals surface area contributed by atoms with Crippen molar-refractivity contribution >= 4 is 11.8 Å². The summed E-state index contributed by atoms with van der Waals surface area (Å²) in [6.45, 7) is 6.08. The smallest absolute Gasteiger partial charge is 0.263 e.